The fourth-order valence-corrected chi connectivity index (χ4v) is 4.18. The molecular formula is C23H29F4N3O4. The molecule has 0 unspecified atom stereocenters. The number of halogens is 4. The molecular weight excluding hydrogens is 458 g/mol. The molecule has 3 N–H and O–H groups in total. The number of hydrogen-bond acceptors (Lipinski definition) is 5. The number of alkyl halides is 4. The van der Waals surface area contributed by atoms with Crippen molar-refractivity contribution in [3.8, 4) is 11.8 Å². The molecule has 0 bridgehead atoms. The summed E-state index contributed by atoms with van der Waals surface area (Å²) < 4.78 is 51.1. The van der Waals surface area contributed by atoms with Crippen molar-refractivity contribution in [2.75, 3.05) is 13.1 Å². The highest BCUT2D eigenvalue weighted by atomic mass is 19.4. The van der Waals surface area contributed by atoms with Crippen LogP contribution in [0, 0.1) is 23.2 Å². The standard InChI is InChI=1S/C21H28FN3O2.C2HF3O2/c1-14(20(24)21(26)25-11-10-17(22)13-25)16-4-8-19(9-5-16)27-18-6-2-15(12-23)3-7-18;3-2(4,5)1(6)7/h2-3,6-7,14,16-17,19-20H,4-5,8-11,13,24H2,1H3;(H,6,7)/t14-,16?,17-,19?,20-;/m0./s1. The second kappa shape index (κ2) is 12.0. The zero-order chi connectivity index (χ0) is 25.5. The number of carbonyl (C=O) groups excluding carboxylic acids is 1. The summed E-state index contributed by atoms with van der Waals surface area (Å²) in [4.78, 5) is 23.0. The molecule has 1 amide bonds. The van der Waals surface area contributed by atoms with Gasteiger partial charge in [0, 0.05) is 6.54 Å². The SMILES string of the molecule is C[C@@H](C1CCC(Oc2ccc(C#N)cc2)CC1)[C@H](N)C(=O)N1CC[C@H](F)C1.O=C(O)C(F)(F)F. The van der Waals surface area contributed by atoms with E-state index in [1.54, 1.807) is 17.0 Å². The predicted molar refractivity (Wildman–Crippen MR) is 114 cm³/mol. The maximum Gasteiger partial charge on any atom is 0.490 e. The molecule has 0 spiro atoms. The van der Waals surface area contributed by atoms with Gasteiger partial charge in [0.05, 0.1) is 30.3 Å². The van der Waals surface area contributed by atoms with Gasteiger partial charge in [-0.05, 0) is 68.2 Å². The lowest BCUT2D eigenvalue weighted by Gasteiger charge is -2.35. The van der Waals surface area contributed by atoms with Gasteiger partial charge >= 0.3 is 12.1 Å². The van der Waals surface area contributed by atoms with E-state index in [0.29, 0.717) is 24.4 Å². The van der Waals surface area contributed by atoms with Gasteiger partial charge in [-0.15, -0.1) is 0 Å². The second-order valence-electron chi connectivity index (χ2n) is 8.65. The lowest BCUT2D eigenvalue weighted by Crippen LogP contribution is -2.48. The van der Waals surface area contributed by atoms with Crippen molar-refractivity contribution >= 4 is 11.9 Å². The largest absolute Gasteiger partial charge is 0.490 e. The number of likely N-dealkylation sites (tertiary alicyclic amines) is 1. The number of carbonyl (C=O) groups is 2. The zero-order valence-corrected chi connectivity index (χ0v) is 18.8. The van der Waals surface area contributed by atoms with Crippen molar-refractivity contribution in [1.29, 1.82) is 5.26 Å². The predicted octanol–water partition coefficient (Wildman–Crippen LogP) is 3.66. The molecule has 1 aliphatic heterocycles. The Hall–Kier alpha value is -2.87. The van der Waals surface area contributed by atoms with E-state index in [0.717, 1.165) is 31.4 Å². The number of amides is 1. The number of carboxylic acid groups (broad SMARTS) is 1. The van der Waals surface area contributed by atoms with Crippen molar-refractivity contribution in [3.05, 3.63) is 29.8 Å². The first-order chi connectivity index (χ1) is 15.9. The van der Waals surface area contributed by atoms with E-state index < -0.39 is 24.4 Å². The van der Waals surface area contributed by atoms with E-state index in [1.165, 1.54) is 0 Å². The molecule has 1 aromatic rings. The minimum atomic E-state index is -5.08. The lowest BCUT2D eigenvalue weighted by molar-refractivity contribution is -0.192. The van der Waals surface area contributed by atoms with Gasteiger partial charge in [0.15, 0.2) is 0 Å². The molecule has 0 radical (unpaired) electrons. The molecule has 2 aliphatic rings. The number of benzene rings is 1. The third kappa shape index (κ3) is 7.87. The van der Waals surface area contributed by atoms with Crippen LogP contribution >= 0.6 is 0 Å². The summed E-state index contributed by atoms with van der Waals surface area (Å²) in [6.07, 6.45) is -1.64. The highest BCUT2D eigenvalue weighted by Gasteiger charge is 2.38. The average molecular weight is 487 g/mol. The van der Waals surface area contributed by atoms with Gasteiger partial charge in [0.2, 0.25) is 5.91 Å². The molecule has 0 aromatic heterocycles. The number of rotatable bonds is 5. The van der Waals surface area contributed by atoms with E-state index in [1.807, 2.05) is 19.1 Å². The first kappa shape index (κ1) is 27.4. The third-order valence-corrected chi connectivity index (χ3v) is 6.29. The summed E-state index contributed by atoms with van der Waals surface area (Å²) in [7, 11) is 0. The smallest absolute Gasteiger partial charge is 0.490 e. The highest BCUT2D eigenvalue weighted by Crippen LogP contribution is 2.34. The van der Waals surface area contributed by atoms with Crippen LogP contribution in [0.1, 0.15) is 44.6 Å². The molecule has 1 aromatic carbocycles. The summed E-state index contributed by atoms with van der Waals surface area (Å²) >= 11 is 0. The molecule has 3 rings (SSSR count). The fourth-order valence-electron chi connectivity index (χ4n) is 4.18. The summed E-state index contributed by atoms with van der Waals surface area (Å²) in [5.74, 6) is -1.63. The first-order valence-electron chi connectivity index (χ1n) is 11.1. The van der Waals surface area contributed by atoms with Gasteiger partial charge in [-0.3, -0.25) is 4.79 Å². The first-order valence-corrected chi connectivity index (χ1v) is 11.1. The highest BCUT2D eigenvalue weighted by molar-refractivity contribution is 5.82. The van der Waals surface area contributed by atoms with Crippen LogP contribution < -0.4 is 10.5 Å². The Morgan fingerprint density at radius 2 is 1.74 bits per heavy atom. The monoisotopic (exact) mass is 487 g/mol. The molecule has 34 heavy (non-hydrogen) atoms. The Bertz CT molecular complexity index is 864. The van der Waals surface area contributed by atoms with Crippen LogP contribution in [0.25, 0.3) is 0 Å². The van der Waals surface area contributed by atoms with Gasteiger partial charge in [0.25, 0.3) is 0 Å². The molecule has 2 fully saturated rings. The Labute approximate surface area is 195 Å². The number of nitriles is 1. The Balaban J connectivity index is 0.000000509. The number of aliphatic carboxylic acids is 1. The number of nitrogens with two attached hydrogens (primary N) is 1. The van der Waals surface area contributed by atoms with E-state index in [4.69, 9.17) is 25.6 Å². The molecule has 3 atom stereocenters. The van der Waals surface area contributed by atoms with Crippen molar-refractivity contribution < 1.29 is 37.0 Å². The van der Waals surface area contributed by atoms with E-state index in [9.17, 15) is 22.4 Å². The molecule has 188 valence electrons. The van der Waals surface area contributed by atoms with Crippen LogP contribution in [0.4, 0.5) is 17.6 Å². The number of ether oxygens (including phenoxy) is 1. The van der Waals surface area contributed by atoms with Crippen LogP contribution in [0.3, 0.4) is 0 Å². The summed E-state index contributed by atoms with van der Waals surface area (Å²) in [5.41, 5.74) is 6.85. The van der Waals surface area contributed by atoms with Crippen LogP contribution in [0.5, 0.6) is 5.75 Å². The molecule has 1 saturated carbocycles. The Morgan fingerprint density at radius 1 is 1.18 bits per heavy atom. The van der Waals surface area contributed by atoms with Crippen LogP contribution in [-0.4, -0.2) is 59.5 Å². The van der Waals surface area contributed by atoms with Crippen molar-refractivity contribution in [3.63, 3.8) is 0 Å². The minimum absolute atomic E-state index is 0.0759. The summed E-state index contributed by atoms with van der Waals surface area (Å²) in [5, 5.41) is 16.0. The van der Waals surface area contributed by atoms with E-state index in [-0.39, 0.29) is 24.5 Å². The second-order valence-corrected chi connectivity index (χ2v) is 8.65. The summed E-state index contributed by atoms with van der Waals surface area (Å²) in [6, 6.07) is 8.71. The van der Waals surface area contributed by atoms with Gasteiger partial charge in [0.1, 0.15) is 11.9 Å². The van der Waals surface area contributed by atoms with Crippen molar-refractivity contribution in [1.82, 2.24) is 4.90 Å². The average Bonchev–Trinajstić information content (AvgIpc) is 3.24. The Kier molecular flexibility index (Phi) is 9.67. The molecule has 11 heteroatoms. The summed E-state index contributed by atoms with van der Waals surface area (Å²) in [6.45, 7) is 2.70. The number of carboxylic acids is 1. The normalized spacial score (nSPS) is 24.3. The quantitative estimate of drug-likeness (QED) is 0.613. The molecule has 1 saturated heterocycles. The van der Waals surface area contributed by atoms with Gasteiger partial charge < -0.3 is 20.5 Å². The third-order valence-electron chi connectivity index (χ3n) is 6.29. The van der Waals surface area contributed by atoms with Crippen LogP contribution in [0.2, 0.25) is 0 Å². The topological polar surface area (TPSA) is 117 Å². The van der Waals surface area contributed by atoms with Crippen LogP contribution in [-0.2, 0) is 9.59 Å². The Morgan fingerprint density at radius 3 is 2.18 bits per heavy atom. The van der Waals surface area contributed by atoms with Crippen LogP contribution in [0.15, 0.2) is 24.3 Å². The van der Waals surface area contributed by atoms with Gasteiger partial charge in [-0.2, -0.15) is 18.4 Å². The number of nitrogens with zero attached hydrogens (tertiary/aromatic N) is 2. The van der Waals surface area contributed by atoms with Gasteiger partial charge in [-0.1, -0.05) is 6.92 Å². The fraction of sp³-hybridized carbons (Fsp3) is 0.609. The van der Waals surface area contributed by atoms with E-state index in [2.05, 4.69) is 6.07 Å². The molecule has 1 aliphatic carbocycles. The minimum Gasteiger partial charge on any atom is -0.490 e. The zero-order valence-electron chi connectivity index (χ0n) is 18.8. The van der Waals surface area contributed by atoms with Gasteiger partial charge in [-0.25, -0.2) is 9.18 Å². The van der Waals surface area contributed by atoms with Crippen molar-refractivity contribution in [2.24, 2.45) is 17.6 Å². The molecule has 7 nitrogen and oxygen atoms in total. The maximum atomic E-state index is 13.4. The lowest BCUT2D eigenvalue weighted by atomic mass is 9.76. The number of hydrogen-bond donors (Lipinski definition) is 2. The van der Waals surface area contributed by atoms with Crippen molar-refractivity contribution in [2.45, 2.75) is 63.5 Å². The van der Waals surface area contributed by atoms with E-state index >= 15 is 0 Å². The maximum absolute atomic E-state index is 13.4. The molecule has 1 heterocycles.